The van der Waals surface area contributed by atoms with Crippen LogP contribution in [0.25, 0.3) is 27.7 Å². The van der Waals surface area contributed by atoms with E-state index in [9.17, 15) is 9.18 Å². The number of nitrogens with one attached hydrogen (secondary N) is 2. The number of carbonyl (C=O) groups excluding carboxylic acids is 1. The number of nitrogens with zero attached hydrogens (tertiary/aromatic N) is 4. The number of anilines is 2. The summed E-state index contributed by atoms with van der Waals surface area (Å²) in [5.74, 6) is -0.893. The number of alkyl halides is 1. The third-order valence-electron chi connectivity index (χ3n) is 5.55. The highest BCUT2D eigenvalue weighted by atomic mass is 19.1. The van der Waals surface area contributed by atoms with Crippen LogP contribution in [0, 0.1) is 18.7 Å². The van der Waals surface area contributed by atoms with E-state index in [-0.39, 0.29) is 18.1 Å². The van der Waals surface area contributed by atoms with Crippen molar-refractivity contribution in [1.29, 1.82) is 0 Å². The van der Waals surface area contributed by atoms with Crippen LogP contribution >= 0.6 is 0 Å². The van der Waals surface area contributed by atoms with Gasteiger partial charge in [0.05, 0.1) is 29.5 Å². The average Bonchev–Trinajstić information content (AvgIpc) is 3.08. The zero-order valence-corrected chi connectivity index (χ0v) is 16.7. The molecule has 0 radical (unpaired) electrons. The maximum atomic E-state index is 15.2. The smallest absolute Gasteiger partial charge is 0.231 e. The molecule has 9 heteroatoms. The van der Waals surface area contributed by atoms with Gasteiger partial charge in [-0.3, -0.25) is 9.89 Å². The van der Waals surface area contributed by atoms with Gasteiger partial charge in [0.15, 0.2) is 11.6 Å². The van der Waals surface area contributed by atoms with Crippen LogP contribution in [0.5, 0.6) is 0 Å². The summed E-state index contributed by atoms with van der Waals surface area (Å²) in [7, 11) is 3.58. The molecule has 0 unspecified atom stereocenters. The molecule has 7 nitrogen and oxygen atoms in total. The fraction of sp³-hybridized carbons (Fsp3) is 0.286. The molecule has 1 aliphatic carbocycles. The fourth-order valence-corrected chi connectivity index (χ4v) is 3.90. The van der Waals surface area contributed by atoms with Gasteiger partial charge in [-0.05, 0) is 36.6 Å². The van der Waals surface area contributed by atoms with E-state index in [1.807, 2.05) is 12.3 Å². The first kappa shape index (κ1) is 18.5. The normalized spacial score (nSPS) is 18.2. The number of halogens is 2. The van der Waals surface area contributed by atoms with Crippen molar-refractivity contribution >= 4 is 34.0 Å². The van der Waals surface area contributed by atoms with E-state index in [4.69, 9.17) is 0 Å². The maximum Gasteiger partial charge on any atom is 0.231 e. The minimum absolute atomic E-state index is 0.262. The third kappa shape index (κ3) is 2.80. The van der Waals surface area contributed by atoms with Gasteiger partial charge < -0.3 is 14.6 Å². The van der Waals surface area contributed by atoms with Crippen LogP contribution in [0.3, 0.4) is 0 Å². The van der Waals surface area contributed by atoms with E-state index in [2.05, 4.69) is 20.5 Å². The summed E-state index contributed by atoms with van der Waals surface area (Å²) < 4.78 is 30.0. The molecule has 1 amide bonds. The molecule has 2 N–H and O–H groups in total. The van der Waals surface area contributed by atoms with Crippen LogP contribution in [0.15, 0.2) is 30.7 Å². The van der Waals surface area contributed by atoms with Gasteiger partial charge in [-0.25, -0.2) is 13.8 Å². The van der Waals surface area contributed by atoms with Gasteiger partial charge in [0, 0.05) is 31.2 Å². The van der Waals surface area contributed by atoms with E-state index < -0.39 is 12.1 Å². The zero-order chi connectivity index (χ0) is 21.2. The van der Waals surface area contributed by atoms with Crippen molar-refractivity contribution in [2.75, 3.05) is 24.3 Å². The van der Waals surface area contributed by atoms with Gasteiger partial charge in [0.25, 0.3) is 0 Å². The summed E-state index contributed by atoms with van der Waals surface area (Å²) in [6.45, 7) is 1.75. The molecule has 0 spiro atoms. The van der Waals surface area contributed by atoms with Crippen LogP contribution in [0.4, 0.5) is 20.3 Å². The van der Waals surface area contributed by atoms with Crippen molar-refractivity contribution in [1.82, 2.24) is 19.6 Å². The van der Waals surface area contributed by atoms with E-state index in [0.717, 1.165) is 16.5 Å². The van der Waals surface area contributed by atoms with Crippen molar-refractivity contribution in [3.05, 3.63) is 42.1 Å². The van der Waals surface area contributed by atoms with Gasteiger partial charge in [-0.15, -0.1) is 0 Å². The molecule has 1 saturated carbocycles. The third-order valence-corrected chi connectivity index (χ3v) is 5.55. The van der Waals surface area contributed by atoms with E-state index in [1.165, 1.54) is 0 Å². The number of carbonyl (C=O) groups is 1. The van der Waals surface area contributed by atoms with Crippen LogP contribution < -0.4 is 10.2 Å². The lowest BCUT2D eigenvalue weighted by Crippen LogP contribution is -2.15. The minimum Gasteiger partial charge on any atom is -0.374 e. The summed E-state index contributed by atoms with van der Waals surface area (Å²) in [6, 6.07) is 3.65. The molecule has 3 heterocycles. The number of benzene rings is 1. The predicted octanol–water partition coefficient (Wildman–Crippen LogP) is 3.69. The summed E-state index contributed by atoms with van der Waals surface area (Å²) in [5.41, 5.74) is 3.75. The second-order valence-corrected chi connectivity index (χ2v) is 7.87. The first-order valence-electron chi connectivity index (χ1n) is 9.61. The molecule has 1 aromatic carbocycles. The van der Waals surface area contributed by atoms with Gasteiger partial charge >= 0.3 is 0 Å². The van der Waals surface area contributed by atoms with Crippen LogP contribution in [0.1, 0.15) is 12.0 Å². The quantitative estimate of drug-likeness (QED) is 0.538. The molecule has 154 valence electrons. The van der Waals surface area contributed by atoms with E-state index in [0.29, 0.717) is 28.2 Å². The molecule has 0 saturated heterocycles. The number of aromatic amines is 1. The van der Waals surface area contributed by atoms with Gasteiger partial charge in [0.1, 0.15) is 11.8 Å². The molecule has 1 fully saturated rings. The first-order valence-corrected chi connectivity index (χ1v) is 9.61. The summed E-state index contributed by atoms with van der Waals surface area (Å²) in [4.78, 5) is 18.1. The van der Waals surface area contributed by atoms with Crippen LogP contribution in [-0.4, -0.2) is 45.8 Å². The highest BCUT2D eigenvalue weighted by Gasteiger charge is 2.43. The molecular weight excluding hydrogens is 390 g/mol. The Kier molecular flexibility index (Phi) is 4.02. The standard InChI is InChI=1S/C21H20F2N6O/c1-10-17(13-7-24-27-19(13)20(18(10)23)28(2)3)11-4-5-16-25-15(9-29(16)8-11)26-21(30)12-6-14(12)22/h4-5,7-9,12,14H,6H2,1-3H3,(H,24,27)(H,26,30)/t12-,14+/m1/s1. The lowest BCUT2D eigenvalue weighted by atomic mass is 9.96. The van der Waals surface area contributed by atoms with Gasteiger partial charge in [-0.2, -0.15) is 5.10 Å². The molecule has 1 aliphatic rings. The van der Waals surface area contributed by atoms with Gasteiger partial charge in [-0.1, -0.05) is 0 Å². The topological polar surface area (TPSA) is 78.3 Å². The summed E-state index contributed by atoms with van der Waals surface area (Å²) >= 11 is 0. The van der Waals surface area contributed by atoms with Crippen molar-refractivity contribution in [2.24, 2.45) is 5.92 Å². The Morgan fingerprint density at radius 2 is 2.10 bits per heavy atom. The number of fused-ring (bicyclic) bond motifs is 2. The largest absolute Gasteiger partial charge is 0.374 e. The Bertz CT molecular complexity index is 1310. The summed E-state index contributed by atoms with van der Waals surface area (Å²) in [5, 5.41) is 10.5. The molecule has 4 aromatic rings. The minimum atomic E-state index is -1.06. The molecular formula is C21H20F2N6O. The summed E-state index contributed by atoms with van der Waals surface area (Å²) in [6.07, 6.45) is 4.39. The van der Waals surface area contributed by atoms with E-state index in [1.54, 1.807) is 48.8 Å². The number of pyridine rings is 1. The highest BCUT2D eigenvalue weighted by Crippen LogP contribution is 2.39. The predicted molar refractivity (Wildman–Crippen MR) is 111 cm³/mol. The van der Waals surface area contributed by atoms with Crippen molar-refractivity contribution < 1.29 is 13.6 Å². The SMILES string of the molecule is Cc1c(F)c(N(C)C)c2[nH]ncc2c1-c1ccc2nc(NC(=O)[C@@H]3C[C@@H]3F)cn2c1. The number of imidazole rings is 1. The Morgan fingerprint density at radius 3 is 2.80 bits per heavy atom. The number of amides is 1. The van der Waals surface area contributed by atoms with Crippen molar-refractivity contribution in [2.45, 2.75) is 19.5 Å². The maximum absolute atomic E-state index is 15.2. The highest BCUT2D eigenvalue weighted by molar-refractivity contribution is 6.03. The monoisotopic (exact) mass is 410 g/mol. The second kappa shape index (κ2) is 6.51. The second-order valence-electron chi connectivity index (χ2n) is 7.87. The van der Waals surface area contributed by atoms with E-state index >= 15 is 4.39 Å². The van der Waals surface area contributed by atoms with Crippen molar-refractivity contribution in [3.63, 3.8) is 0 Å². The number of H-pyrrole nitrogens is 1. The Labute approximate surface area is 170 Å². The average molecular weight is 410 g/mol. The number of hydrogen-bond acceptors (Lipinski definition) is 4. The number of hydrogen-bond donors (Lipinski definition) is 2. The lowest BCUT2D eigenvalue weighted by molar-refractivity contribution is -0.117. The van der Waals surface area contributed by atoms with Crippen LogP contribution in [-0.2, 0) is 4.79 Å². The molecule has 0 aliphatic heterocycles. The van der Waals surface area contributed by atoms with Crippen molar-refractivity contribution in [3.8, 4) is 11.1 Å². The zero-order valence-electron chi connectivity index (χ0n) is 16.7. The number of rotatable bonds is 4. The first-order chi connectivity index (χ1) is 14.3. The lowest BCUT2D eigenvalue weighted by Gasteiger charge is -2.19. The Morgan fingerprint density at radius 1 is 1.33 bits per heavy atom. The Balaban J connectivity index is 1.59. The van der Waals surface area contributed by atoms with Gasteiger partial charge in [0.2, 0.25) is 5.91 Å². The molecule has 2 atom stereocenters. The molecule has 5 rings (SSSR count). The Hall–Kier alpha value is -3.49. The molecule has 30 heavy (non-hydrogen) atoms. The fourth-order valence-electron chi connectivity index (χ4n) is 3.90. The number of aromatic nitrogens is 4. The molecule has 3 aromatic heterocycles. The molecule has 0 bridgehead atoms. The van der Waals surface area contributed by atoms with Crippen LogP contribution in [0.2, 0.25) is 0 Å².